The van der Waals surface area contributed by atoms with Gasteiger partial charge in [0.25, 0.3) is 11.8 Å². The van der Waals surface area contributed by atoms with E-state index in [0.29, 0.717) is 21.9 Å². The second kappa shape index (κ2) is 6.57. The summed E-state index contributed by atoms with van der Waals surface area (Å²) in [6.45, 7) is 3.93. The van der Waals surface area contributed by atoms with Crippen LogP contribution in [0.15, 0.2) is 41.5 Å². The monoisotopic (exact) mass is 453 g/mol. The molecule has 7 heteroatoms. The van der Waals surface area contributed by atoms with Crippen molar-refractivity contribution in [2.24, 2.45) is 40.6 Å². The Kier molecular flexibility index (Phi) is 4.09. The number of aryl methyl sites for hydroxylation is 1. The largest absolute Gasteiger partial charge is 0.316 e. The third-order valence-electron chi connectivity index (χ3n) is 7.59. The molecule has 2 amide bonds. The first-order valence-corrected chi connectivity index (χ1v) is 11.4. The van der Waals surface area contributed by atoms with E-state index < -0.39 is 0 Å². The molecule has 2 aromatic rings. The van der Waals surface area contributed by atoms with E-state index in [0.717, 1.165) is 34.1 Å². The van der Waals surface area contributed by atoms with Crippen molar-refractivity contribution in [1.82, 2.24) is 9.58 Å². The van der Waals surface area contributed by atoms with Crippen LogP contribution in [0.4, 0.5) is 0 Å². The molecule has 5 nitrogen and oxygen atoms in total. The Morgan fingerprint density at radius 1 is 1.03 bits per heavy atom. The van der Waals surface area contributed by atoms with Crippen LogP contribution in [0, 0.1) is 49.4 Å². The zero-order valence-corrected chi connectivity index (χ0v) is 18.6. The predicted molar refractivity (Wildman–Crippen MR) is 119 cm³/mol. The van der Waals surface area contributed by atoms with Crippen LogP contribution in [0.5, 0.6) is 0 Å². The number of hydrogen-bond acceptors (Lipinski definition) is 3. The summed E-state index contributed by atoms with van der Waals surface area (Å²) in [5.74, 6) is 0.794. The smallest absolute Gasteiger partial charge is 0.254 e. The van der Waals surface area contributed by atoms with Gasteiger partial charge in [0.2, 0.25) is 0 Å². The lowest BCUT2D eigenvalue weighted by Crippen LogP contribution is -2.40. The molecule has 2 bridgehead atoms. The Labute approximate surface area is 190 Å². The highest BCUT2D eigenvalue weighted by Gasteiger charge is 2.67. The zero-order chi connectivity index (χ0) is 21.6. The van der Waals surface area contributed by atoms with Crippen molar-refractivity contribution < 1.29 is 9.59 Å². The molecular weight excluding hydrogens is 433 g/mol. The van der Waals surface area contributed by atoms with Crippen molar-refractivity contribution in [3.8, 4) is 5.69 Å². The number of halogens is 2. The molecule has 1 aromatic carbocycles. The van der Waals surface area contributed by atoms with E-state index in [2.05, 4.69) is 17.3 Å². The fourth-order valence-corrected chi connectivity index (χ4v) is 6.51. The minimum Gasteiger partial charge on any atom is -0.316 e. The van der Waals surface area contributed by atoms with Crippen LogP contribution in [0.2, 0.25) is 10.0 Å². The summed E-state index contributed by atoms with van der Waals surface area (Å²) in [4.78, 5) is 26.2. The summed E-state index contributed by atoms with van der Waals surface area (Å²) in [6.07, 6.45) is 7.10. The summed E-state index contributed by atoms with van der Waals surface area (Å²) in [5.41, 5.74) is 3.47. The molecule has 7 rings (SSSR count). The lowest BCUT2D eigenvalue weighted by Gasteiger charge is -2.37. The van der Waals surface area contributed by atoms with Gasteiger partial charge in [-0.25, -0.2) is 0 Å². The van der Waals surface area contributed by atoms with Crippen LogP contribution in [0.3, 0.4) is 0 Å². The van der Waals surface area contributed by atoms with Gasteiger partial charge in [-0.05, 0) is 62.1 Å². The fraction of sp³-hybridized carbons (Fsp3) is 0.375. The number of amides is 2. The van der Waals surface area contributed by atoms with Gasteiger partial charge in [0, 0.05) is 17.0 Å². The highest BCUT2D eigenvalue weighted by Crippen LogP contribution is 2.65. The van der Waals surface area contributed by atoms with E-state index in [4.69, 9.17) is 23.2 Å². The third kappa shape index (κ3) is 2.60. The standard InChI is InChI=1S/C24H21Cl2N3O2/c1-11-8-13(12(2)28(11)19-5-3-4-18(25)22(19)26)10-27-29-23(30)20-14-6-7-15(17-9-16(14)17)21(20)24(29)31/h3-8,10,14-17,20-21H,9H2,1-2H3/b27-10-/t14-,15-,16-,17-,20+,21+/m0/s1. The summed E-state index contributed by atoms with van der Waals surface area (Å²) in [7, 11) is 0. The molecule has 5 aliphatic rings. The molecular formula is C24H21Cl2N3O2. The van der Waals surface area contributed by atoms with Gasteiger partial charge in [-0.3, -0.25) is 9.59 Å². The zero-order valence-electron chi connectivity index (χ0n) is 17.1. The number of hydrogen-bond donors (Lipinski definition) is 0. The fourth-order valence-electron chi connectivity index (χ4n) is 6.13. The molecule has 0 unspecified atom stereocenters. The predicted octanol–water partition coefficient (Wildman–Crippen LogP) is 4.79. The van der Waals surface area contributed by atoms with Crippen molar-refractivity contribution in [3.63, 3.8) is 0 Å². The van der Waals surface area contributed by atoms with Gasteiger partial charge >= 0.3 is 0 Å². The van der Waals surface area contributed by atoms with E-state index in [1.54, 1.807) is 12.3 Å². The van der Waals surface area contributed by atoms with Gasteiger partial charge in [-0.2, -0.15) is 10.1 Å². The van der Waals surface area contributed by atoms with Crippen LogP contribution in [0.1, 0.15) is 23.4 Å². The summed E-state index contributed by atoms with van der Waals surface area (Å²) >= 11 is 12.6. The number of benzene rings is 1. The molecule has 2 heterocycles. The van der Waals surface area contributed by atoms with Gasteiger partial charge in [0.15, 0.2) is 0 Å². The number of carbonyl (C=O) groups is 2. The topological polar surface area (TPSA) is 54.7 Å². The molecule has 0 spiro atoms. The first-order valence-electron chi connectivity index (χ1n) is 10.6. The maximum absolute atomic E-state index is 13.1. The molecule has 6 atom stereocenters. The molecule has 1 saturated heterocycles. The van der Waals surface area contributed by atoms with Gasteiger partial charge in [-0.15, -0.1) is 0 Å². The molecule has 1 aliphatic heterocycles. The molecule has 0 radical (unpaired) electrons. The minimum atomic E-state index is -0.235. The third-order valence-corrected chi connectivity index (χ3v) is 8.40. The summed E-state index contributed by atoms with van der Waals surface area (Å²) < 4.78 is 2.00. The SMILES string of the molecule is Cc1cc(/C=N\N2C(=O)[C@@H]3[C@H]4C=C[C@@H]([C@@H]5C[C@@H]45)[C@H]3C2=O)c(C)n1-c1cccc(Cl)c1Cl. The maximum atomic E-state index is 13.1. The number of aromatic nitrogens is 1. The number of hydrazone groups is 1. The van der Waals surface area contributed by atoms with E-state index in [1.807, 2.05) is 36.6 Å². The second-order valence-electron chi connectivity index (χ2n) is 9.12. The lowest BCUT2D eigenvalue weighted by molar-refractivity contribution is -0.140. The van der Waals surface area contributed by atoms with Crippen LogP contribution in [-0.2, 0) is 9.59 Å². The Morgan fingerprint density at radius 3 is 2.32 bits per heavy atom. The molecule has 158 valence electrons. The average molecular weight is 454 g/mol. The molecule has 31 heavy (non-hydrogen) atoms. The number of rotatable bonds is 3. The number of imide groups is 1. The molecule has 4 aliphatic carbocycles. The Hall–Kier alpha value is -2.37. The van der Waals surface area contributed by atoms with Crippen molar-refractivity contribution in [1.29, 1.82) is 0 Å². The van der Waals surface area contributed by atoms with Crippen molar-refractivity contribution >= 4 is 41.2 Å². The van der Waals surface area contributed by atoms with Crippen molar-refractivity contribution in [2.45, 2.75) is 20.3 Å². The first-order chi connectivity index (χ1) is 14.9. The molecule has 2 saturated carbocycles. The Bertz CT molecular complexity index is 1180. The lowest BCUT2D eigenvalue weighted by atomic mass is 9.63. The van der Waals surface area contributed by atoms with E-state index in [1.165, 1.54) is 0 Å². The van der Waals surface area contributed by atoms with Crippen LogP contribution in [0.25, 0.3) is 5.69 Å². The summed E-state index contributed by atoms with van der Waals surface area (Å²) in [5, 5.41) is 6.45. The molecule has 0 N–H and O–H groups in total. The first kappa shape index (κ1) is 19.3. The Balaban J connectivity index is 1.32. The average Bonchev–Trinajstić information content (AvgIpc) is 3.48. The van der Waals surface area contributed by atoms with Crippen LogP contribution >= 0.6 is 23.2 Å². The van der Waals surface area contributed by atoms with Crippen molar-refractivity contribution in [2.75, 3.05) is 0 Å². The van der Waals surface area contributed by atoms with Gasteiger partial charge < -0.3 is 4.57 Å². The highest BCUT2D eigenvalue weighted by molar-refractivity contribution is 6.43. The molecule has 1 aromatic heterocycles. The van der Waals surface area contributed by atoms with E-state index >= 15 is 0 Å². The Morgan fingerprint density at radius 2 is 1.68 bits per heavy atom. The van der Waals surface area contributed by atoms with Gasteiger partial charge in [0.05, 0.1) is 33.8 Å². The summed E-state index contributed by atoms with van der Waals surface area (Å²) in [6, 6.07) is 7.47. The molecule has 3 fully saturated rings. The van der Waals surface area contributed by atoms with Crippen LogP contribution < -0.4 is 0 Å². The number of allylic oxidation sites excluding steroid dienone is 2. The number of nitrogens with zero attached hydrogens (tertiary/aromatic N) is 3. The van der Waals surface area contributed by atoms with Crippen molar-refractivity contribution in [3.05, 3.63) is 63.4 Å². The normalized spacial score (nSPS) is 32.8. The second-order valence-corrected chi connectivity index (χ2v) is 9.91. The van der Waals surface area contributed by atoms with Gasteiger partial charge in [-0.1, -0.05) is 41.4 Å². The maximum Gasteiger partial charge on any atom is 0.254 e. The number of carbonyl (C=O) groups excluding carboxylic acids is 2. The minimum absolute atomic E-state index is 0.150. The highest BCUT2D eigenvalue weighted by atomic mass is 35.5. The van der Waals surface area contributed by atoms with E-state index in [9.17, 15) is 9.59 Å². The van der Waals surface area contributed by atoms with E-state index in [-0.39, 0.29) is 35.5 Å². The van der Waals surface area contributed by atoms with Gasteiger partial charge in [0.1, 0.15) is 0 Å². The van der Waals surface area contributed by atoms with Crippen LogP contribution in [-0.4, -0.2) is 27.6 Å². The quantitative estimate of drug-likeness (QED) is 0.381.